The van der Waals surface area contributed by atoms with Crippen molar-refractivity contribution in [3.63, 3.8) is 0 Å². The van der Waals surface area contributed by atoms with E-state index in [9.17, 15) is 9.59 Å². The molecule has 1 saturated carbocycles. The molecule has 170 valence electrons. The van der Waals surface area contributed by atoms with Crippen LogP contribution < -0.4 is 10.1 Å². The van der Waals surface area contributed by atoms with E-state index < -0.39 is 0 Å². The molecule has 6 nitrogen and oxygen atoms in total. The Morgan fingerprint density at radius 3 is 2.58 bits per heavy atom. The van der Waals surface area contributed by atoms with Crippen LogP contribution in [0.3, 0.4) is 0 Å². The zero-order valence-corrected chi connectivity index (χ0v) is 19.2. The van der Waals surface area contributed by atoms with Gasteiger partial charge in [0.25, 0.3) is 5.91 Å². The maximum absolute atomic E-state index is 12.7. The summed E-state index contributed by atoms with van der Waals surface area (Å²) in [4.78, 5) is 29.3. The number of piperidine rings is 1. The number of likely N-dealkylation sites (tertiary alicyclic amines) is 2. The molecule has 0 radical (unpaired) electrons. The van der Waals surface area contributed by atoms with Gasteiger partial charge in [-0.2, -0.15) is 0 Å². The van der Waals surface area contributed by atoms with E-state index in [1.54, 1.807) is 0 Å². The highest BCUT2D eigenvalue weighted by atomic mass is 16.5. The molecule has 2 saturated heterocycles. The molecule has 0 spiro atoms. The summed E-state index contributed by atoms with van der Waals surface area (Å²) in [6.07, 6.45) is 5.04. The van der Waals surface area contributed by atoms with Crippen LogP contribution in [0.25, 0.3) is 0 Å². The summed E-state index contributed by atoms with van der Waals surface area (Å²) in [5.74, 6) is 1.13. The maximum Gasteiger partial charge on any atom is 0.251 e. The molecule has 2 heterocycles. The Bertz CT molecular complexity index is 791. The second-order valence-corrected chi connectivity index (χ2v) is 10.7. The van der Waals surface area contributed by atoms with Crippen LogP contribution in [0.4, 0.5) is 0 Å². The topological polar surface area (TPSA) is 61.9 Å². The number of amides is 2. The van der Waals surface area contributed by atoms with Gasteiger partial charge in [-0.25, -0.2) is 0 Å². The first-order chi connectivity index (χ1) is 14.8. The predicted molar refractivity (Wildman–Crippen MR) is 121 cm³/mol. The van der Waals surface area contributed by atoms with Crippen LogP contribution in [0.1, 0.15) is 63.2 Å². The molecule has 6 heteroatoms. The van der Waals surface area contributed by atoms with E-state index in [2.05, 4.69) is 31.0 Å². The molecule has 31 heavy (non-hydrogen) atoms. The van der Waals surface area contributed by atoms with Crippen molar-refractivity contribution in [3.05, 3.63) is 29.8 Å². The minimum atomic E-state index is -0.0947. The van der Waals surface area contributed by atoms with E-state index in [4.69, 9.17) is 4.74 Å². The normalized spacial score (nSPS) is 23.3. The van der Waals surface area contributed by atoms with Crippen molar-refractivity contribution in [3.8, 4) is 5.75 Å². The van der Waals surface area contributed by atoms with Gasteiger partial charge in [0.1, 0.15) is 11.9 Å². The number of benzene rings is 1. The van der Waals surface area contributed by atoms with Gasteiger partial charge in [0.15, 0.2) is 0 Å². The summed E-state index contributed by atoms with van der Waals surface area (Å²) in [5, 5.41) is 3.02. The largest absolute Gasteiger partial charge is 0.490 e. The summed E-state index contributed by atoms with van der Waals surface area (Å²) in [5.41, 5.74) is 0.934. The average Bonchev–Trinajstić information content (AvgIpc) is 3.49. The third kappa shape index (κ3) is 6.22. The Hall–Kier alpha value is -2.08. The molecule has 3 aliphatic rings. The van der Waals surface area contributed by atoms with Crippen LogP contribution in [0.15, 0.2) is 24.3 Å². The molecule has 0 aromatic heterocycles. The number of nitrogens with zero attached hydrogens (tertiary/aromatic N) is 2. The third-order valence-corrected chi connectivity index (χ3v) is 6.41. The molecule has 1 atom stereocenters. The fourth-order valence-electron chi connectivity index (χ4n) is 4.78. The minimum Gasteiger partial charge on any atom is -0.490 e. The molecular formula is C25H37N3O3. The van der Waals surface area contributed by atoms with E-state index in [1.807, 2.05) is 29.2 Å². The van der Waals surface area contributed by atoms with Crippen LogP contribution in [0.5, 0.6) is 5.75 Å². The minimum absolute atomic E-state index is 0.0947. The monoisotopic (exact) mass is 427 g/mol. The first kappa shape index (κ1) is 22.1. The second kappa shape index (κ2) is 9.19. The fourth-order valence-corrected chi connectivity index (χ4v) is 4.78. The first-order valence-electron chi connectivity index (χ1n) is 11.8. The Kier molecular flexibility index (Phi) is 6.56. The number of rotatable bonds is 7. The van der Waals surface area contributed by atoms with Crippen LogP contribution in [0.2, 0.25) is 0 Å². The second-order valence-electron chi connectivity index (χ2n) is 10.7. The third-order valence-electron chi connectivity index (χ3n) is 6.41. The standard InChI is InChI=1S/C25H37N3O3/c1-25(2,3)17-27-11-9-21(10-12-27)31-22-6-4-5-19(14-22)24(30)26-15-18-13-23(29)28(16-18)20-7-8-20/h4-6,14,18,20-21H,7-13,15-17H2,1-3H3,(H,26,30)/t18-/m1/s1. The lowest BCUT2D eigenvalue weighted by atomic mass is 9.94. The van der Waals surface area contributed by atoms with Gasteiger partial charge in [0.2, 0.25) is 5.91 Å². The Morgan fingerprint density at radius 2 is 1.90 bits per heavy atom. The highest BCUT2D eigenvalue weighted by Gasteiger charge is 2.39. The number of carbonyl (C=O) groups is 2. The zero-order chi connectivity index (χ0) is 22.0. The highest BCUT2D eigenvalue weighted by molar-refractivity contribution is 5.94. The lowest BCUT2D eigenvalue weighted by molar-refractivity contribution is -0.128. The summed E-state index contributed by atoms with van der Waals surface area (Å²) in [6.45, 7) is 11.4. The van der Waals surface area contributed by atoms with E-state index in [0.29, 0.717) is 30.0 Å². The van der Waals surface area contributed by atoms with Gasteiger partial charge in [-0.1, -0.05) is 26.8 Å². The Balaban J connectivity index is 1.23. The van der Waals surface area contributed by atoms with Crippen LogP contribution in [-0.2, 0) is 4.79 Å². The van der Waals surface area contributed by atoms with Crippen LogP contribution in [-0.4, -0.2) is 66.5 Å². The predicted octanol–water partition coefficient (Wildman–Crippen LogP) is 3.32. The number of hydrogen-bond acceptors (Lipinski definition) is 4. The van der Waals surface area contributed by atoms with Crippen LogP contribution in [0, 0.1) is 11.3 Å². The summed E-state index contributed by atoms with van der Waals surface area (Å²) in [7, 11) is 0. The Morgan fingerprint density at radius 1 is 1.16 bits per heavy atom. The molecular weight excluding hydrogens is 390 g/mol. The number of hydrogen-bond donors (Lipinski definition) is 1. The molecule has 2 amide bonds. The van der Waals surface area contributed by atoms with Gasteiger partial charge in [-0.3, -0.25) is 9.59 Å². The lowest BCUT2D eigenvalue weighted by Crippen LogP contribution is -2.42. The van der Waals surface area contributed by atoms with E-state index in [-0.39, 0.29) is 23.8 Å². The van der Waals surface area contributed by atoms with E-state index in [0.717, 1.165) is 57.6 Å². The zero-order valence-electron chi connectivity index (χ0n) is 19.2. The molecule has 4 rings (SSSR count). The quantitative estimate of drug-likeness (QED) is 0.725. The number of ether oxygens (including phenoxy) is 1. The maximum atomic E-state index is 12.7. The molecule has 1 aliphatic carbocycles. The van der Waals surface area contributed by atoms with E-state index >= 15 is 0 Å². The Labute approximate surface area is 186 Å². The molecule has 2 aliphatic heterocycles. The molecule has 0 bridgehead atoms. The van der Waals surface area contributed by atoms with Crippen LogP contribution >= 0.6 is 0 Å². The molecule has 3 fully saturated rings. The average molecular weight is 428 g/mol. The molecule has 1 aromatic carbocycles. The van der Waals surface area contributed by atoms with Crippen molar-refractivity contribution in [1.29, 1.82) is 0 Å². The van der Waals surface area contributed by atoms with Crippen molar-refractivity contribution < 1.29 is 14.3 Å². The smallest absolute Gasteiger partial charge is 0.251 e. The van der Waals surface area contributed by atoms with Crippen molar-refractivity contribution in [2.45, 2.75) is 65.0 Å². The summed E-state index contributed by atoms with van der Waals surface area (Å²) in [6, 6.07) is 7.94. The lowest BCUT2D eigenvalue weighted by Gasteiger charge is -2.36. The highest BCUT2D eigenvalue weighted by Crippen LogP contribution is 2.32. The summed E-state index contributed by atoms with van der Waals surface area (Å²) >= 11 is 0. The van der Waals surface area contributed by atoms with Crippen molar-refractivity contribution in [1.82, 2.24) is 15.1 Å². The summed E-state index contributed by atoms with van der Waals surface area (Å²) < 4.78 is 6.21. The van der Waals surface area contributed by atoms with Gasteiger partial charge in [0.05, 0.1) is 0 Å². The SMILES string of the molecule is CC(C)(C)CN1CCC(Oc2cccc(C(=O)NC[C@H]3CC(=O)N(C4CC4)C3)c2)CC1. The van der Waals surface area contributed by atoms with Gasteiger partial charge >= 0.3 is 0 Å². The molecule has 0 unspecified atom stereocenters. The van der Waals surface area contributed by atoms with Crippen molar-refractivity contribution in [2.75, 3.05) is 32.7 Å². The number of carbonyl (C=O) groups excluding carboxylic acids is 2. The van der Waals surface area contributed by atoms with E-state index in [1.165, 1.54) is 0 Å². The molecule has 1 N–H and O–H groups in total. The van der Waals surface area contributed by atoms with Gasteiger partial charge in [0, 0.05) is 56.7 Å². The first-order valence-corrected chi connectivity index (χ1v) is 11.8. The van der Waals surface area contributed by atoms with Gasteiger partial charge in [-0.15, -0.1) is 0 Å². The van der Waals surface area contributed by atoms with Gasteiger partial charge in [-0.05, 0) is 49.3 Å². The fraction of sp³-hybridized carbons (Fsp3) is 0.680. The van der Waals surface area contributed by atoms with Crippen molar-refractivity contribution >= 4 is 11.8 Å². The molecule has 1 aromatic rings. The van der Waals surface area contributed by atoms with Crippen molar-refractivity contribution in [2.24, 2.45) is 11.3 Å². The van der Waals surface area contributed by atoms with Gasteiger partial charge < -0.3 is 19.9 Å². The number of nitrogens with one attached hydrogen (secondary N) is 1.